The van der Waals surface area contributed by atoms with Gasteiger partial charge in [0, 0.05) is 10.6 Å². The first-order valence-corrected chi connectivity index (χ1v) is 7.16. The molecule has 0 aliphatic rings. The van der Waals surface area contributed by atoms with E-state index in [1.54, 1.807) is 18.2 Å². The van der Waals surface area contributed by atoms with Crippen LogP contribution in [0.5, 0.6) is 0 Å². The molecule has 0 aromatic heterocycles. The highest BCUT2D eigenvalue weighted by Gasteiger charge is 2.09. The van der Waals surface area contributed by atoms with E-state index in [2.05, 4.69) is 6.07 Å². The van der Waals surface area contributed by atoms with Gasteiger partial charge >= 0.3 is 0 Å². The largest absolute Gasteiger partial charge is 0.398 e. The van der Waals surface area contributed by atoms with Crippen molar-refractivity contribution in [1.82, 2.24) is 0 Å². The molecule has 1 unspecified atom stereocenters. The molecule has 96 valence electrons. The van der Waals surface area contributed by atoms with Gasteiger partial charge in [0.1, 0.15) is 0 Å². The normalized spacial score (nSPS) is 11.8. The first-order chi connectivity index (χ1) is 9.11. The van der Waals surface area contributed by atoms with Gasteiger partial charge in [-0.05, 0) is 42.3 Å². The Morgan fingerprint density at radius 2 is 1.89 bits per heavy atom. The summed E-state index contributed by atoms with van der Waals surface area (Å²) in [6, 6.07) is 14.7. The number of benzene rings is 2. The van der Waals surface area contributed by atoms with Gasteiger partial charge in [0.15, 0.2) is 0 Å². The van der Waals surface area contributed by atoms with E-state index in [1.165, 1.54) is 0 Å². The van der Waals surface area contributed by atoms with Crippen LogP contribution in [-0.2, 0) is 16.6 Å². The van der Waals surface area contributed by atoms with E-state index in [-0.39, 0.29) is 0 Å². The van der Waals surface area contributed by atoms with Crippen LogP contribution in [0.25, 0.3) is 0 Å². The molecule has 0 heterocycles. The molecule has 4 heteroatoms. The third-order valence-electron chi connectivity index (χ3n) is 2.95. The number of nitrogens with zero attached hydrogens (tertiary/aromatic N) is 1. The smallest absolute Gasteiger partial charge is 0.0991 e. The lowest BCUT2D eigenvalue weighted by atomic mass is 10.2. The molecular weight excluding hydrogens is 256 g/mol. The predicted molar refractivity (Wildman–Crippen MR) is 76.9 cm³/mol. The van der Waals surface area contributed by atoms with Crippen molar-refractivity contribution in [3.8, 4) is 6.07 Å². The third-order valence-corrected chi connectivity index (χ3v) is 4.48. The van der Waals surface area contributed by atoms with Crippen molar-refractivity contribution >= 4 is 16.5 Å². The van der Waals surface area contributed by atoms with Crippen molar-refractivity contribution in [2.45, 2.75) is 17.6 Å². The number of nitrogen functional groups attached to an aromatic ring is 1. The van der Waals surface area contributed by atoms with Crippen molar-refractivity contribution in [3.63, 3.8) is 0 Å². The molecule has 0 fully saturated rings. The number of anilines is 1. The summed E-state index contributed by atoms with van der Waals surface area (Å²) in [4.78, 5) is 0.768. The van der Waals surface area contributed by atoms with Crippen LogP contribution in [0.15, 0.2) is 47.4 Å². The molecule has 1 atom stereocenters. The van der Waals surface area contributed by atoms with Crippen molar-refractivity contribution in [2.75, 3.05) is 5.73 Å². The van der Waals surface area contributed by atoms with Crippen LogP contribution in [0.3, 0.4) is 0 Å². The van der Waals surface area contributed by atoms with Gasteiger partial charge in [-0.25, -0.2) is 0 Å². The molecule has 0 spiro atoms. The van der Waals surface area contributed by atoms with Gasteiger partial charge in [0.25, 0.3) is 0 Å². The molecular formula is C15H14N2OS. The summed E-state index contributed by atoms with van der Waals surface area (Å²) in [5.41, 5.74) is 8.90. The summed E-state index contributed by atoms with van der Waals surface area (Å²) in [5.74, 6) is 0.427. The Kier molecular flexibility index (Phi) is 3.98. The van der Waals surface area contributed by atoms with E-state index in [0.29, 0.717) is 17.0 Å². The molecule has 0 aliphatic carbocycles. The van der Waals surface area contributed by atoms with Crippen LogP contribution < -0.4 is 5.73 Å². The van der Waals surface area contributed by atoms with E-state index < -0.39 is 10.8 Å². The van der Waals surface area contributed by atoms with E-state index in [9.17, 15) is 4.21 Å². The minimum Gasteiger partial charge on any atom is -0.398 e. The molecule has 0 amide bonds. The lowest BCUT2D eigenvalue weighted by molar-refractivity contribution is 0.682. The van der Waals surface area contributed by atoms with E-state index in [4.69, 9.17) is 11.0 Å². The van der Waals surface area contributed by atoms with Gasteiger partial charge in [0.05, 0.1) is 28.2 Å². The first kappa shape index (κ1) is 13.3. The van der Waals surface area contributed by atoms with E-state index >= 15 is 0 Å². The fraction of sp³-hybridized carbons (Fsp3) is 0.133. The second kappa shape index (κ2) is 5.68. The lowest BCUT2D eigenvalue weighted by Crippen LogP contribution is -2.01. The number of hydrogen-bond donors (Lipinski definition) is 1. The number of nitrogens with two attached hydrogens (primary N) is 1. The van der Waals surface area contributed by atoms with Gasteiger partial charge in [-0.2, -0.15) is 5.26 Å². The monoisotopic (exact) mass is 270 g/mol. The Morgan fingerprint density at radius 1 is 1.21 bits per heavy atom. The quantitative estimate of drug-likeness (QED) is 0.872. The Labute approximate surface area is 115 Å². The van der Waals surface area contributed by atoms with Crippen molar-refractivity contribution in [1.29, 1.82) is 5.26 Å². The summed E-state index contributed by atoms with van der Waals surface area (Å²) in [6.07, 6.45) is 0. The molecule has 0 saturated carbocycles. The topological polar surface area (TPSA) is 66.9 Å². The lowest BCUT2D eigenvalue weighted by Gasteiger charge is -2.08. The maximum Gasteiger partial charge on any atom is 0.0991 e. The second-order valence-electron chi connectivity index (χ2n) is 4.27. The summed E-state index contributed by atoms with van der Waals surface area (Å²) < 4.78 is 12.3. The van der Waals surface area contributed by atoms with Crippen molar-refractivity contribution < 1.29 is 4.21 Å². The number of nitriles is 1. The Balaban J connectivity index is 2.21. The van der Waals surface area contributed by atoms with Gasteiger partial charge in [-0.15, -0.1) is 0 Å². The van der Waals surface area contributed by atoms with Crippen LogP contribution in [0.4, 0.5) is 5.69 Å². The maximum absolute atomic E-state index is 12.3. The molecule has 0 radical (unpaired) electrons. The Morgan fingerprint density at radius 3 is 2.53 bits per heavy atom. The van der Waals surface area contributed by atoms with Crippen molar-refractivity contribution in [3.05, 3.63) is 59.2 Å². The molecule has 0 aliphatic heterocycles. The summed E-state index contributed by atoms with van der Waals surface area (Å²) >= 11 is 0. The van der Waals surface area contributed by atoms with Gasteiger partial charge in [-0.1, -0.05) is 18.2 Å². The van der Waals surface area contributed by atoms with Crippen LogP contribution in [0, 0.1) is 18.3 Å². The zero-order chi connectivity index (χ0) is 13.8. The minimum atomic E-state index is -1.13. The summed E-state index contributed by atoms with van der Waals surface area (Å²) in [6.45, 7) is 1.88. The minimum absolute atomic E-state index is 0.427. The first-order valence-electron chi connectivity index (χ1n) is 5.84. The number of hydrogen-bond acceptors (Lipinski definition) is 3. The molecule has 3 nitrogen and oxygen atoms in total. The molecule has 0 bridgehead atoms. The summed E-state index contributed by atoms with van der Waals surface area (Å²) in [5, 5.41) is 8.73. The predicted octanol–water partition coefficient (Wildman–Crippen LogP) is 2.76. The average molecular weight is 270 g/mol. The van der Waals surface area contributed by atoms with Crippen LogP contribution in [-0.4, -0.2) is 4.21 Å². The fourth-order valence-corrected chi connectivity index (χ4v) is 3.12. The highest BCUT2D eigenvalue weighted by Crippen LogP contribution is 2.21. The molecule has 2 aromatic rings. The standard InChI is InChI=1S/C15H14N2OS/c1-11-14(17)3-2-4-15(11)19(18)10-13-7-5-12(9-16)6-8-13/h2-8H,10,17H2,1H3. The molecule has 0 saturated heterocycles. The summed E-state index contributed by atoms with van der Waals surface area (Å²) in [7, 11) is -1.13. The maximum atomic E-state index is 12.3. The molecule has 2 aromatic carbocycles. The van der Waals surface area contributed by atoms with Crippen LogP contribution in [0.1, 0.15) is 16.7 Å². The average Bonchev–Trinajstić information content (AvgIpc) is 2.42. The zero-order valence-electron chi connectivity index (χ0n) is 10.6. The van der Waals surface area contributed by atoms with E-state index in [0.717, 1.165) is 16.0 Å². The highest BCUT2D eigenvalue weighted by atomic mass is 32.2. The van der Waals surface area contributed by atoms with E-state index in [1.807, 2.05) is 31.2 Å². The van der Waals surface area contributed by atoms with Crippen LogP contribution in [0.2, 0.25) is 0 Å². The second-order valence-corrected chi connectivity index (χ2v) is 5.69. The van der Waals surface area contributed by atoms with Crippen molar-refractivity contribution in [2.24, 2.45) is 0 Å². The molecule has 2 rings (SSSR count). The molecule has 2 N–H and O–H groups in total. The fourth-order valence-electron chi connectivity index (χ4n) is 1.78. The highest BCUT2D eigenvalue weighted by molar-refractivity contribution is 7.84. The number of rotatable bonds is 3. The molecule has 19 heavy (non-hydrogen) atoms. The van der Waals surface area contributed by atoms with Gasteiger partial charge < -0.3 is 5.73 Å². The van der Waals surface area contributed by atoms with Gasteiger partial charge in [0.2, 0.25) is 0 Å². The van der Waals surface area contributed by atoms with Crippen LogP contribution >= 0.6 is 0 Å². The van der Waals surface area contributed by atoms with Gasteiger partial charge in [-0.3, -0.25) is 4.21 Å². The Hall–Kier alpha value is -2.12. The SMILES string of the molecule is Cc1c(N)cccc1S(=O)Cc1ccc(C#N)cc1. The Bertz CT molecular complexity index is 657. The zero-order valence-corrected chi connectivity index (χ0v) is 11.4. The third kappa shape index (κ3) is 3.01.